The molecule has 1 heterocycles. The third kappa shape index (κ3) is 3.94. The van der Waals surface area contributed by atoms with Gasteiger partial charge in [-0.15, -0.1) is 6.58 Å². The first-order valence-electron chi connectivity index (χ1n) is 6.60. The van der Waals surface area contributed by atoms with E-state index in [1.54, 1.807) is 6.92 Å². The molecule has 0 atom stereocenters. The summed E-state index contributed by atoms with van der Waals surface area (Å²) in [7, 11) is 0. The minimum atomic E-state index is -0.692. The second kappa shape index (κ2) is 6.88. The highest BCUT2D eigenvalue weighted by molar-refractivity contribution is 6.39. The molecule has 0 spiro atoms. The Morgan fingerprint density at radius 3 is 2.55 bits per heavy atom. The van der Waals surface area contributed by atoms with Gasteiger partial charge in [-0.1, -0.05) is 19.9 Å². The number of anilines is 1. The van der Waals surface area contributed by atoms with E-state index in [-0.39, 0.29) is 6.54 Å². The molecule has 0 aromatic carbocycles. The average Bonchev–Trinajstić information content (AvgIpc) is 2.62. The van der Waals surface area contributed by atoms with E-state index in [0.717, 1.165) is 12.2 Å². The van der Waals surface area contributed by atoms with Gasteiger partial charge in [-0.25, -0.2) is 0 Å². The van der Waals surface area contributed by atoms with Crippen LogP contribution in [0.15, 0.2) is 12.7 Å². The minimum Gasteiger partial charge on any atom is -0.344 e. The predicted molar refractivity (Wildman–Crippen MR) is 78.4 cm³/mol. The minimum absolute atomic E-state index is 0.261. The number of carbonyl (C=O) groups is 2. The average molecular weight is 278 g/mol. The Hall–Kier alpha value is -2.11. The van der Waals surface area contributed by atoms with E-state index < -0.39 is 11.8 Å². The van der Waals surface area contributed by atoms with Gasteiger partial charge in [-0.05, 0) is 19.8 Å². The molecule has 2 N–H and O–H groups in total. The number of carbonyl (C=O) groups excluding carboxylic acids is 2. The first-order valence-corrected chi connectivity index (χ1v) is 6.60. The van der Waals surface area contributed by atoms with Crippen LogP contribution >= 0.6 is 0 Å². The van der Waals surface area contributed by atoms with Crippen LogP contribution in [0.5, 0.6) is 0 Å². The van der Waals surface area contributed by atoms with Crippen molar-refractivity contribution in [3.05, 3.63) is 24.0 Å². The number of amides is 2. The fraction of sp³-hybridized carbons (Fsp3) is 0.500. The van der Waals surface area contributed by atoms with Gasteiger partial charge < -0.3 is 10.6 Å². The molecule has 110 valence electrons. The molecule has 0 aliphatic heterocycles. The van der Waals surface area contributed by atoms with Crippen molar-refractivity contribution in [3.63, 3.8) is 0 Å². The standard InChI is InChI=1S/C14H22N4O2/c1-6-7-15-13(19)14(20)16-12-10(4)17-18(11(12)5)8-9(2)3/h6,9H,1,7-8H2,2-5H3,(H,15,19)(H,16,20). The van der Waals surface area contributed by atoms with Gasteiger partial charge in [0.1, 0.15) is 0 Å². The van der Waals surface area contributed by atoms with Crippen LogP contribution in [0, 0.1) is 19.8 Å². The van der Waals surface area contributed by atoms with Gasteiger partial charge in [0.2, 0.25) is 0 Å². The van der Waals surface area contributed by atoms with Crippen molar-refractivity contribution in [2.24, 2.45) is 5.92 Å². The van der Waals surface area contributed by atoms with Crippen LogP contribution in [0.1, 0.15) is 25.2 Å². The molecule has 0 unspecified atom stereocenters. The topological polar surface area (TPSA) is 76.0 Å². The zero-order valence-electron chi connectivity index (χ0n) is 12.5. The second-order valence-electron chi connectivity index (χ2n) is 5.07. The van der Waals surface area contributed by atoms with Crippen LogP contribution in [0.3, 0.4) is 0 Å². The molecule has 0 aliphatic carbocycles. The largest absolute Gasteiger partial charge is 0.344 e. The van der Waals surface area contributed by atoms with Crippen LogP contribution in [-0.2, 0) is 16.1 Å². The highest BCUT2D eigenvalue weighted by atomic mass is 16.2. The fourth-order valence-electron chi connectivity index (χ4n) is 1.82. The number of hydrogen-bond acceptors (Lipinski definition) is 3. The molecule has 0 saturated heterocycles. The van der Waals surface area contributed by atoms with E-state index in [1.165, 1.54) is 6.08 Å². The zero-order valence-corrected chi connectivity index (χ0v) is 12.5. The van der Waals surface area contributed by atoms with Crippen LogP contribution in [0.25, 0.3) is 0 Å². The molecular formula is C14H22N4O2. The lowest BCUT2D eigenvalue weighted by Gasteiger charge is -2.08. The fourth-order valence-corrected chi connectivity index (χ4v) is 1.82. The zero-order chi connectivity index (χ0) is 15.3. The van der Waals surface area contributed by atoms with Crippen molar-refractivity contribution < 1.29 is 9.59 Å². The lowest BCUT2D eigenvalue weighted by atomic mass is 10.2. The summed E-state index contributed by atoms with van der Waals surface area (Å²) < 4.78 is 1.84. The molecule has 1 aromatic heterocycles. The maximum absolute atomic E-state index is 11.8. The lowest BCUT2D eigenvalue weighted by Crippen LogP contribution is -2.35. The Morgan fingerprint density at radius 1 is 1.35 bits per heavy atom. The van der Waals surface area contributed by atoms with Crippen molar-refractivity contribution in [3.8, 4) is 0 Å². The van der Waals surface area contributed by atoms with E-state index in [2.05, 4.69) is 36.2 Å². The summed E-state index contributed by atoms with van der Waals surface area (Å²) in [6.07, 6.45) is 1.52. The molecule has 0 aliphatic rings. The first kappa shape index (κ1) is 15.9. The number of nitrogens with zero attached hydrogens (tertiary/aromatic N) is 2. The van der Waals surface area contributed by atoms with Gasteiger partial charge in [0.15, 0.2) is 0 Å². The Kier molecular flexibility index (Phi) is 5.49. The summed E-state index contributed by atoms with van der Waals surface area (Å²) >= 11 is 0. The number of hydrogen-bond donors (Lipinski definition) is 2. The summed E-state index contributed by atoms with van der Waals surface area (Å²) in [5, 5.41) is 9.43. The molecule has 6 heteroatoms. The second-order valence-corrected chi connectivity index (χ2v) is 5.07. The van der Waals surface area contributed by atoms with Crippen LogP contribution in [-0.4, -0.2) is 28.1 Å². The monoisotopic (exact) mass is 278 g/mol. The molecule has 1 rings (SSSR count). The van der Waals surface area contributed by atoms with Crippen molar-refractivity contribution in [1.29, 1.82) is 0 Å². The predicted octanol–water partition coefficient (Wildman–Crippen LogP) is 1.40. The number of rotatable bonds is 5. The molecule has 1 aromatic rings. The highest BCUT2D eigenvalue weighted by Gasteiger charge is 2.18. The van der Waals surface area contributed by atoms with Crippen molar-refractivity contribution in [2.75, 3.05) is 11.9 Å². The van der Waals surface area contributed by atoms with Gasteiger partial charge in [0, 0.05) is 13.1 Å². The molecule has 0 bridgehead atoms. The molecule has 0 radical (unpaired) electrons. The molecule has 20 heavy (non-hydrogen) atoms. The summed E-state index contributed by atoms with van der Waals surface area (Å²) in [4.78, 5) is 23.3. The highest BCUT2D eigenvalue weighted by Crippen LogP contribution is 2.20. The smallest absolute Gasteiger partial charge is 0.313 e. The first-order chi connectivity index (χ1) is 9.36. The maximum atomic E-state index is 11.8. The maximum Gasteiger partial charge on any atom is 0.313 e. The molecule has 2 amide bonds. The molecule has 0 saturated carbocycles. The van der Waals surface area contributed by atoms with Crippen LogP contribution < -0.4 is 10.6 Å². The molecule has 0 fully saturated rings. The van der Waals surface area contributed by atoms with E-state index in [0.29, 0.717) is 17.3 Å². The summed E-state index contributed by atoms with van der Waals surface area (Å²) in [6, 6.07) is 0. The van der Waals surface area contributed by atoms with Gasteiger partial charge in [-0.2, -0.15) is 5.10 Å². The third-order valence-corrected chi connectivity index (χ3v) is 2.77. The van der Waals surface area contributed by atoms with Gasteiger partial charge in [0.25, 0.3) is 0 Å². The third-order valence-electron chi connectivity index (χ3n) is 2.77. The van der Waals surface area contributed by atoms with E-state index >= 15 is 0 Å². The van der Waals surface area contributed by atoms with Gasteiger partial charge in [0.05, 0.1) is 17.1 Å². The normalized spacial score (nSPS) is 10.4. The van der Waals surface area contributed by atoms with Crippen molar-refractivity contribution in [1.82, 2.24) is 15.1 Å². The van der Waals surface area contributed by atoms with Gasteiger partial charge in [-0.3, -0.25) is 14.3 Å². The SMILES string of the molecule is C=CCNC(=O)C(=O)Nc1c(C)nn(CC(C)C)c1C. The Balaban J connectivity index is 2.82. The molecular weight excluding hydrogens is 256 g/mol. The van der Waals surface area contributed by atoms with Crippen LogP contribution in [0.2, 0.25) is 0 Å². The Bertz CT molecular complexity index is 517. The number of aromatic nitrogens is 2. The van der Waals surface area contributed by atoms with Crippen molar-refractivity contribution >= 4 is 17.5 Å². The van der Waals surface area contributed by atoms with E-state index in [9.17, 15) is 9.59 Å². The van der Waals surface area contributed by atoms with Crippen molar-refractivity contribution in [2.45, 2.75) is 34.2 Å². The molecule has 6 nitrogen and oxygen atoms in total. The summed E-state index contributed by atoms with van der Waals surface area (Å²) in [6.45, 7) is 12.4. The lowest BCUT2D eigenvalue weighted by molar-refractivity contribution is -0.136. The number of nitrogens with one attached hydrogen (secondary N) is 2. The van der Waals surface area contributed by atoms with Crippen LogP contribution in [0.4, 0.5) is 5.69 Å². The van der Waals surface area contributed by atoms with Gasteiger partial charge >= 0.3 is 11.8 Å². The Labute approximate surface area is 119 Å². The Morgan fingerprint density at radius 2 is 2.00 bits per heavy atom. The summed E-state index contributed by atoms with van der Waals surface area (Å²) in [5.74, 6) is -0.921. The quantitative estimate of drug-likeness (QED) is 0.631. The summed E-state index contributed by atoms with van der Waals surface area (Å²) in [5.41, 5.74) is 2.15. The van der Waals surface area contributed by atoms with E-state index in [4.69, 9.17) is 0 Å². The van der Waals surface area contributed by atoms with E-state index in [1.807, 2.05) is 11.6 Å². The number of aryl methyl sites for hydroxylation is 1.